The Balaban J connectivity index is 2.46. The number of hydrogen-bond donors (Lipinski definition) is 3. The van der Waals surface area contributed by atoms with Crippen molar-refractivity contribution in [3.63, 3.8) is 0 Å². The molecule has 7 heteroatoms. The van der Waals surface area contributed by atoms with Gasteiger partial charge in [-0.25, -0.2) is 9.18 Å². The number of ether oxygens (including phenoxy) is 1. The minimum Gasteiger partial charge on any atom is -0.507 e. The van der Waals surface area contributed by atoms with Gasteiger partial charge in [0.25, 0.3) is 0 Å². The lowest BCUT2D eigenvalue weighted by Crippen LogP contribution is -2.34. The molecule has 1 aromatic rings. The zero-order valence-electron chi connectivity index (χ0n) is 14.5. The van der Waals surface area contributed by atoms with E-state index >= 15 is 0 Å². The van der Waals surface area contributed by atoms with Gasteiger partial charge < -0.3 is 20.1 Å². The van der Waals surface area contributed by atoms with Gasteiger partial charge in [-0.1, -0.05) is 18.2 Å². The monoisotopic (exact) mass is 364 g/mol. The standard InChI is InChI=1S/C19H21FO6/c1-10-8-12-4-3-5-14(21)18(24)17(23)13(20)7-6-11(2)26-19(25)16(12)15(22)9-10/h3-4,7-9,11,14,18,21-22,24H,5-6H2,1-2H3/b4-3+,13-7-/t11-,14-,18-/m0/s1. The lowest BCUT2D eigenvalue weighted by atomic mass is 10.00. The van der Waals surface area contributed by atoms with Crippen LogP contribution < -0.4 is 0 Å². The molecule has 26 heavy (non-hydrogen) atoms. The van der Waals surface area contributed by atoms with Gasteiger partial charge in [0, 0.05) is 6.42 Å². The van der Waals surface area contributed by atoms with E-state index in [2.05, 4.69) is 0 Å². The summed E-state index contributed by atoms with van der Waals surface area (Å²) >= 11 is 0. The van der Waals surface area contributed by atoms with Gasteiger partial charge in [0.2, 0.25) is 5.78 Å². The maximum atomic E-state index is 13.8. The van der Waals surface area contributed by atoms with Crippen LogP contribution in [0.4, 0.5) is 4.39 Å². The minimum atomic E-state index is -1.90. The number of benzene rings is 1. The summed E-state index contributed by atoms with van der Waals surface area (Å²) in [5.41, 5.74) is 1.02. The molecule has 1 aliphatic rings. The van der Waals surface area contributed by atoms with Crippen molar-refractivity contribution in [1.82, 2.24) is 0 Å². The Morgan fingerprint density at radius 3 is 2.58 bits per heavy atom. The number of hydrogen-bond acceptors (Lipinski definition) is 6. The molecule has 0 unspecified atom stereocenters. The highest BCUT2D eigenvalue weighted by atomic mass is 19.1. The van der Waals surface area contributed by atoms with E-state index in [1.54, 1.807) is 13.0 Å². The van der Waals surface area contributed by atoms with Gasteiger partial charge >= 0.3 is 5.97 Å². The van der Waals surface area contributed by atoms with Gasteiger partial charge in [0.15, 0.2) is 5.83 Å². The number of carbonyl (C=O) groups is 2. The van der Waals surface area contributed by atoms with Gasteiger partial charge in [-0.3, -0.25) is 4.79 Å². The van der Waals surface area contributed by atoms with Crippen LogP contribution in [0.25, 0.3) is 6.08 Å². The van der Waals surface area contributed by atoms with E-state index in [0.717, 1.165) is 6.08 Å². The smallest absolute Gasteiger partial charge is 0.342 e. The molecule has 0 aromatic heterocycles. The van der Waals surface area contributed by atoms with Crippen LogP contribution in [0.3, 0.4) is 0 Å². The Hall–Kier alpha value is -2.51. The summed E-state index contributed by atoms with van der Waals surface area (Å²) in [5, 5.41) is 29.8. The predicted molar refractivity (Wildman–Crippen MR) is 92.2 cm³/mol. The third kappa shape index (κ3) is 4.56. The van der Waals surface area contributed by atoms with Gasteiger partial charge in [-0.15, -0.1) is 0 Å². The molecule has 0 bridgehead atoms. The first kappa shape index (κ1) is 19.8. The van der Waals surface area contributed by atoms with Crippen molar-refractivity contribution >= 4 is 17.8 Å². The van der Waals surface area contributed by atoms with Crippen molar-refractivity contribution in [1.29, 1.82) is 0 Å². The number of aliphatic hydroxyl groups excluding tert-OH is 2. The zero-order valence-corrected chi connectivity index (χ0v) is 14.5. The van der Waals surface area contributed by atoms with Crippen LogP contribution in [-0.4, -0.2) is 45.4 Å². The van der Waals surface area contributed by atoms with Crippen molar-refractivity contribution in [2.75, 3.05) is 0 Å². The minimum absolute atomic E-state index is 0.0497. The first-order chi connectivity index (χ1) is 12.2. The van der Waals surface area contributed by atoms with E-state index < -0.39 is 35.9 Å². The molecular formula is C19H21FO6. The predicted octanol–water partition coefficient (Wildman–Crippen LogP) is 2.20. The molecule has 0 spiro atoms. The van der Waals surface area contributed by atoms with Crippen molar-refractivity contribution in [3.05, 3.63) is 46.8 Å². The number of Topliss-reactive ketones (excluding diaryl/α,β-unsaturated/α-hetero) is 1. The van der Waals surface area contributed by atoms with E-state index in [1.165, 1.54) is 25.1 Å². The molecule has 0 saturated carbocycles. The maximum absolute atomic E-state index is 13.8. The third-order valence-electron chi connectivity index (χ3n) is 3.98. The number of aromatic hydroxyl groups is 1. The SMILES string of the molecule is Cc1cc(O)c2c(c1)/C=C/C[C@H](O)[C@H](O)C(=O)/C(F)=C/C[C@H](C)OC2=O. The van der Waals surface area contributed by atoms with Crippen LogP contribution in [0.2, 0.25) is 0 Å². The van der Waals surface area contributed by atoms with E-state index in [1.807, 2.05) is 0 Å². The van der Waals surface area contributed by atoms with Crippen molar-refractivity contribution in [2.45, 2.75) is 45.0 Å². The summed E-state index contributed by atoms with van der Waals surface area (Å²) < 4.78 is 19.0. The van der Waals surface area contributed by atoms with E-state index in [4.69, 9.17) is 4.74 Å². The number of fused-ring (bicyclic) bond motifs is 1. The number of rotatable bonds is 0. The number of halogens is 1. The molecule has 3 N–H and O–H groups in total. The molecule has 0 fully saturated rings. The van der Waals surface area contributed by atoms with E-state index in [9.17, 15) is 29.3 Å². The average Bonchev–Trinajstić information content (AvgIpc) is 2.56. The largest absolute Gasteiger partial charge is 0.507 e. The fourth-order valence-electron chi connectivity index (χ4n) is 2.59. The van der Waals surface area contributed by atoms with Gasteiger partial charge in [0.1, 0.15) is 23.5 Å². The molecule has 0 aliphatic carbocycles. The summed E-state index contributed by atoms with van der Waals surface area (Å²) in [6, 6.07) is 3.06. The fourth-order valence-corrected chi connectivity index (χ4v) is 2.59. The average molecular weight is 364 g/mol. The molecule has 1 aromatic carbocycles. The van der Waals surface area contributed by atoms with Crippen molar-refractivity contribution < 1.29 is 34.0 Å². The van der Waals surface area contributed by atoms with Crippen LogP contribution in [-0.2, 0) is 9.53 Å². The molecule has 140 valence electrons. The van der Waals surface area contributed by atoms with Crippen LogP contribution >= 0.6 is 0 Å². The number of carbonyl (C=O) groups excluding carboxylic acids is 2. The molecule has 0 saturated heterocycles. The quantitative estimate of drug-likeness (QED) is 0.610. The second-order valence-corrected chi connectivity index (χ2v) is 6.27. The van der Waals surface area contributed by atoms with Gasteiger partial charge in [-0.05, 0) is 43.5 Å². The Labute approximate surface area is 150 Å². The van der Waals surface area contributed by atoms with E-state index in [-0.39, 0.29) is 24.2 Å². The molecule has 1 aliphatic heterocycles. The Morgan fingerprint density at radius 2 is 1.88 bits per heavy atom. The Bertz CT molecular complexity index is 768. The van der Waals surface area contributed by atoms with Crippen molar-refractivity contribution in [2.24, 2.45) is 0 Å². The second-order valence-electron chi connectivity index (χ2n) is 6.27. The number of ketones is 1. The lowest BCUT2D eigenvalue weighted by molar-refractivity contribution is -0.130. The Kier molecular flexibility index (Phi) is 6.28. The third-order valence-corrected chi connectivity index (χ3v) is 3.98. The highest BCUT2D eigenvalue weighted by Crippen LogP contribution is 2.27. The molecule has 0 radical (unpaired) electrons. The number of aliphatic hydroxyl groups is 2. The normalized spacial score (nSPS) is 28.3. The molecular weight excluding hydrogens is 343 g/mol. The fraction of sp³-hybridized carbons (Fsp3) is 0.368. The molecule has 6 nitrogen and oxygen atoms in total. The first-order valence-electron chi connectivity index (χ1n) is 8.17. The highest BCUT2D eigenvalue weighted by molar-refractivity contribution is 5.98. The Morgan fingerprint density at radius 1 is 1.19 bits per heavy atom. The zero-order chi connectivity index (χ0) is 19.4. The van der Waals surface area contributed by atoms with Crippen LogP contribution in [0, 0.1) is 6.92 Å². The van der Waals surface area contributed by atoms with Crippen LogP contribution in [0.5, 0.6) is 5.75 Å². The van der Waals surface area contributed by atoms with E-state index in [0.29, 0.717) is 11.1 Å². The van der Waals surface area contributed by atoms with Crippen molar-refractivity contribution in [3.8, 4) is 5.75 Å². The number of esters is 1. The van der Waals surface area contributed by atoms with Crippen LogP contribution in [0.15, 0.2) is 30.1 Å². The summed E-state index contributed by atoms with van der Waals surface area (Å²) in [5.74, 6) is -3.48. The lowest BCUT2D eigenvalue weighted by Gasteiger charge is -2.17. The van der Waals surface area contributed by atoms with Gasteiger partial charge in [-0.2, -0.15) is 0 Å². The second kappa shape index (κ2) is 8.25. The number of aryl methyl sites for hydroxylation is 1. The molecule has 3 atom stereocenters. The summed E-state index contributed by atoms with van der Waals surface area (Å²) in [4.78, 5) is 24.2. The highest BCUT2D eigenvalue weighted by Gasteiger charge is 2.27. The topological polar surface area (TPSA) is 104 Å². The van der Waals surface area contributed by atoms with Crippen LogP contribution in [0.1, 0.15) is 41.3 Å². The molecule has 0 amide bonds. The summed E-state index contributed by atoms with van der Waals surface area (Å²) in [7, 11) is 0. The molecule has 1 heterocycles. The first-order valence-corrected chi connectivity index (χ1v) is 8.17. The number of phenols is 1. The maximum Gasteiger partial charge on any atom is 0.342 e. The summed E-state index contributed by atoms with van der Waals surface area (Å²) in [6.07, 6.45) is -0.662. The summed E-state index contributed by atoms with van der Waals surface area (Å²) in [6.45, 7) is 3.24. The number of cyclic esters (lactones) is 1. The molecule has 2 rings (SSSR count). The van der Waals surface area contributed by atoms with Gasteiger partial charge in [0.05, 0.1) is 6.10 Å². The number of phenolic OH excluding ortho intramolecular Hbond substituents is 1.